The van der Waals surface area contributed by atoms with E-state index in [0.717, 1.165) is 0 Å². The van der Waals surface area contributed by atoms with E-state index in [1.807, 2.05) is 13.8 Å². The first kappa shape index (κ1) is 22.4. The highest BCUT2D eigenvalue weighted by molar-refractivity contribution is 6.03. The number of carboxylic acid groups (broad SMARTS) is 1. The first-order valence-corrected chi connectivity index (χ1v) is 8.22. The van der Waals surface area contributed by atoms with Crippen LogP contribution in [0.1, 0.15) is 61.3 Å². The summed E-state index contributed by atoms with van der Waals surface area (Å²) in [5.74, 6) is -1.58. The average Bonchev–Trinajstić information content (AvgIpc) is 2.33. The minimum absolute atomic E-state index is 0.131. The fourth-order valence-corrected chi connectivity index (χ4v) is 2.28. The Bertz CT molecular complexity index is 470. The molecule has 0 heterocycles. The van der Waals surface area contributed by atoms with Gasteiger partial charge >= 0.3 is 12.1 Å². The molecule has 0 fully saturated rings. The number of nitrogens with one attached hydrogen (secondary N) is 1. The van der Waals surface area contributed by atoms with E-state index in [0.29, 0.717) is 6.42 Å². The topological polar surface area (TPSA) is 119 Å². The van der Waals surface area contributed by atoms with Crippen LogP contribution in [-0.2, 0) is 14.3 Å². The Morgan fingerprint density at radius 3 is 2.00 bits per heavy atom. The Morgan fingerprint density at radius 2 is 1.62 bits per heavy atom. The Labute approximate surface area is 144 Å². The van der Waals surface area contributed by atoms with Crippen LogP contribution in [0.2, 0.25) is 0 Å². The third-order valence-electron chi connectivity index (χ3n) is 3.75. The molecule has 0 aliphatic rings. The number of Topliss-reactive ketones (excluding diaryl/α,β-unsaturated/α-hetero) is 1. The molecule has 0 radical (unpaired) electrons. The van der Waals surface area contributed by atoms with Crippen molar-refractivity contribution < 1.29 is 24.2 Å². The van der Waals surface area contributed by atoms with Crippen LogP contribution in [0.5, 0.6) is 0 Å². The molecular formula is C17H32N2O5. The van der Waals surface area contributed by atoms with Gasteiger partial charge in [-0.3, -0.25) is 9.59 Å². The van der Waals surface area contributed by atoms with E-state index in [-0.39, 0.29) is 12.3 Å². The zero-order valence-corrected chi connectivity index (χ0v) is 15.8. The maximum absolute atomic E-state index is 12.6. The maximum Gasteiger partial charge on any atom is 0.407 e. The smallest absolute Gasteiger partial charge is 0.407 e. The van der Waals surface area contributed by atoms with Crippen molar-refractivity contribution in [3.8, 4) is 0 Å². The Kier molecular flexibility index (Phi) is 7.89. The van der Waals surface area contributed by atoms with Crippen LogP contribution >= 0.6 is 0 Å². The van der Waals surface area contributed by atoms with Crippen molar-refractivity contribution in [2.24, 2.45) is 17.1 Å². The molecule has 1 amide bonds. The Balaban J connectivity index is 4.96. The van der Waals surface area contributed by atoms with Gasteiger partial charge in [0.25, 0.3) is 0 Å². The number of alkyl carbamates (subject to hydrolysis) is 1. The van der Waals surface area contributed by atoms with E-state index in [4.69, 9.17) is 10.5 Å². The van der Waals surface area contributed by atoms with Gasteiger partial charge in [-0.15, -0.1) is 0 Å². The molecule has 0 aromatic rings. The van der Waals surface area contributed by atoms with E-state index >= 15 is 0 Å². The van der Waals surface area contributed by atoms with Gasteiger partial charge in [0.15, 0.2) is 5.78 Å². The number of hydrogen-bond acceptors (Lipinski definition) is 5. The van der Waals surface area contributed by atoms with Gasteiger partial charge in [-0.1, -0.05) is 13.8 Å². The molecule has 0 bridgehead atoms. The molecule has 0 aromatic heterocycles. The summed E-state index contributed by atoms with van der Waals surface area (Å²) in [6.45, 7) is 12.0. The van der Waals surface area contributed by atoms with E-state index in [9.17, 15) is 19.5 Å². The van der Waals surface area contributed by atoms with Gasteiger partial charge in [0.1, 0.15) is 11.0 Å². The Hall–Kier alpha value is -1.63. The van der Waals surface area contributed by atoms with Crippen LogP contribution in [-0.4, -0.2) is 40.6 Å². The van der Waals surface area contributed by atoms with Crippen LogP contribution in [0.4, 0.5) is 4.79 Å². The zero-order valence-electron chi connectivity index (χ0n) is 15.8. The maximum atomic E-state index is 12.6. The van der Waals surface area contributed by atoms with E-state index in [1.165, 1.54) is 6.92 Å². The van der Waals surface area contributed by atoms with Gasteiger partial charge in [-0.25, -0.2) is 4.79 Å². The van der Waals surface area contributed by atoms with Crippen molar-refractivity contribution in [1.82, 2.24) is 5.32 Å². The quantitative estimate of drug-likeness (QED) is 0.581. The lowest BCUT2D eigenvalue weighted by atomic mass is 9.74. The summed E-state index contributed by atoms with van der Waals surface area (Å²) in [6.07, 6.45) is -0.359. The lowest BCUT2D eigenvalue weighted by molar-refractivity contribution is -0.155. The summed E-state index contributed by atoms with van der Waals surface area (Å²) in [5, 5.41) is 12.1. The van der Waals surface area contributed by atoms with Gasteiger partial charge in [-0.05, 0) is 47.0 Å². The average molecular weight is 344 g/mol. The van der Waals surface area contributed by atoms with Crippen LogP contribution in [0.3, 0.4) is 0 Å². The summed E-state index contributed by atoms with van der Waals surface area (Å²) in [5.41, 5.74) is 3.67. The third-order valence-corrected chi connectivity index (χ3v) is 3.75. The summed E-state index contributed by atoms with van der Waals surface area (Å²) < 4.78 is 5.12. The van der Waals surface area contributed by atoms with Crippen LogP contribution in [0.25, 0.3) is 0 Å². The molecular weight excluding hydrogens is 312 g/mol. The third kappa shape index (κ3) is 6.86. The molecule has 7 nitrogen and oxygen atoms in total. The second-order valence-electron chi connectivity index (χ2n) is 7.92. The summed E-state index contributed by atoms with van der Waals surface area (Å²) in [4.78, 5) is 35.9. The summed E-state index contributed by atoms with van der Waals surface area (Å²) in [6, 6.07) is -1.35. The SMILES string of the molecule is CC(C)C[C@H](N)C(C)(C(=O)O)C(=O)C[C@H](C)NC(=O)OC(C)(C)C. The highest BCUT2D eigenvalue weighted by Crippen LogP contribution is 2.28. The van der Waals surface area contributed by atoms with Gasteiger partial charge in [-0.2, -0.15) is 0 Å². The van der Waals surface area contributed by atoms with Crippen molar-refractivity contribution in [3.05, 3.63) is 0 Å². The largest absolute Gasteiger partial charge is 0.480 e. The minimum atomic E-state index is -1.69. The molecule has 1 unspecified atom stereocenters. The number of carbonyl (C=O) groups is 3. The van der Waals surface area contributed by atoms with Crippen molar-refractivity contribution in [3.63, 3.8) is 0 Å². The van der Waals surface area contributed by atoms with Crippen molar-refractivity contribution in [1.29, 1.82) is 0 Å². The number of hydrogen-bond donors (Lipinski definition) is 3. The lowest BCUT2D eigenvalue weighted by Gasteiger charge is -2.32. The van der Waals surface area contributed by atoms with Crippen molar-refractivity contribution >= 4 is 17.8 Å². The van der Waals surface area contributed by atoms with Crippen LogP contribution in [0.15, 0.2) is 0 Å². The highest BCUT2D eigenvalue weighted by atomic mass is 16.6. The molecule has 0 saturated heterocycles. The summed E-state index contributed by atoms with van der Waals surface area (Å²) in [7, 11) is 0. The fourth-order valence-electron chi connectivity index (χ4n) is 2.28. The number of aliphatic carboxylic acids is 1. The number of nitrogens with two attached hydrogens (primary N) is 1. The molecule has 0 saturated carbocycles. The summed E-state index contributed by atoms with van der Waals surface area (Å²) >= 11 is 0. The van der Waals surface area contributed by atoms with E-state index in [2.05, 4.69) is 5.32 Å². The minimum Gasteiger partial charge on any atom is -0.480 e. The monoisotopic (exact) mass is 344 g/mol. The molecule has 140 valence electrons. The number of ether oxygens (including phenoxy) is 1. The van der Waals surface area contributed by atoms with Gasteiger partial charge < -0.3 is 20.9 Å². The number of rotatable bonds is 8. The molecule has 4 N–H and O–H groups in total. The molecule has 3 atom stereocenters. The number of amides is 1. The van der Waals surface area contributed by atoms with Crippen LogP contribution < -0.4 is 11.1 Å². The first-order chi connectivity index (χ1) is 10.7. The molecule has 0 aromatic carbocycles. The van der Waals surface area contributed by atoms with E-state index in [1.54, 1.807) is 27.7 Å². The molecule has 24 heavy (non-hydrogen) atoms. The predicted molar refractivity (Wildman–Crippen MR) is 91.6 cm³/mol. The number of carbonyl (C=O) groups excluding carboxylic acids is 2. The second-order valence-corrected chi connectivity index (χ2v) is 7.92. The first-order valence-electron chi connectivity index (χ1n) is 8.22. The fraction of sp³-hybridized carbons (Fsp3) is 0.824. The molecule has 7 heteroatoms. The van der Waals surface area contributed by atoms with Crippen molar-refractivity contribution in [2.75, 3.05) is 0 Å². The number of ketones is 1. The zero-order chi connectivity index (χ0) is 19.3. The van der Waals surface area contributed by atoms with Gasteiger partial charge in [0.05, 0.1) is 0 Å². The molecule has 0 aliphatic heterocycles. The highest BCUT2D eigenvalue weighted by Gasteiger charge is 2.46. The molecule has 0 rings (SSSR count). The standard InChI is InChI=1S/C17H32N2O5/c1-10(2)8-12(18)17(7,14(21)22)13(20)9-11(3)19-15(23)24-16(4,5)6/h10-12H,8-9,18H2,1-7H3,(H,19,23)(H,21,22)/t11-,12-,17?/m0/s1. The molecule has 0 spiro atoms. The van der Waals surface area contributed by atoms with E-state index < -0.39 is 40.9 Å². The normalized spacial score (nSPS) is 16.9. The Morgan fingerprint density at radius 1 is 1.12 bits per heavy atom. The van der Waals surface area contributed by atoms with Gasteiger partial charge in [0, 0.05) is 18.5 Å². The lowest BCUT2D eigenvalue weighted by Crippen LogP contribution is -2.53. The predicted octanol–water partition coefficient (Wildman–Crippen LogP) is 2.32. The second kappa shape index (κ2) is 8.46. The van der Waals surface area contributed by atoms with Crippen molar-refractivity contribution in [2.45, 2.75) is 79.0 Å². The number of carboxylic acids is 1. The van der Waals surface area contributed by atoms with Gasteiger partial charge in [0.2, 0.25) is 0 Å². The van der Waals surface area contributed by atoms with Crippen LogP contribution in [0, 0.1) is 11.3 Å². The molecule has 0 aliphatic carbocycles.